The third-order valence-corrected chi connectivity index (χ3v) is 5.25. The first kappa shape index (κ1) is 21.3. The molecule has 2 aromatic carbocycles. The Bertz CT molecular complexity index is 1380. The van der Waals surface area contributed by atoms with Crippen LogP contribution in [0.25, 0.3) is 11.0 Å². The third-order valence-electron chi connectivity index (χ3n) is 5.25. The van der Waals surface area contributed by atoms with Crippen molar-refractivity contribution in [3.8, 4) is 17.2 Å². The van der Waals surface area contributed by atoms with Gasteiger partial charge in [-0.25, -0.2) is 4.98 Å². The number of anilines is 1. The monoisotopic (exact) mass is 453 g/mol. The van der Waals surface area contributed by atoms with Crippen LogP contribution in [0.3, 0.4) is 0 Å². The molecule has 8 nitrogen and oxygen atoms in total. The van der Waals surface area contributed by atoms with Crippen LogP contribution in [0.4, 0.5) is 5.95 Å². The number of hydrogen-bond acceptors (Lipinski definition) is 6. The lowest BCUT2D eigenvalue weighted by atomic mass is 10.1. The van der Waals surface area contributed by atoms with Crippen LogP contribution in [0.2, 0.25) is 0 Å². The van der Waals surface area contributed by atoms with Crippen molar-refractivity contribution in [2.45, 2.75) is 12.5 Å². The molecule has 0 radical (unpaired) electrons. The maximum Gasteiger partial charge on any atom is 0.269 e. The maximum absolute atomic E-state index is 11.8. The summed E-state index contributed by atoms with van der Waals surface area (Å²) in [5.41, 5.74) is 1.95. The Kier molecular flexibility index (Phi) is 5.94. The minimum Gasteiger partial charge on any atom is -0.458 e. The molecule has 2 heterocycles. The van der Waals surface area contributed by atoms with E-state index in [1.165, 1.54) is 0 Å². The summed E-state index contributed by atoms with van der Waals surface area (Å²) >= 11 is 0. The Balaban J connectivity index is 1.23. The fourth-order valence-electron chi connectivity index (χ4n) is 3.57. The summed E-state index contributed by atoms with van der Waals surface area (Å²) in [5, 5.41) is 5.96. The highest BCUT2D eigenvalue weighted by Crippen LogP contribution is 2.26. The van der Waals surface area contributed by atoms with Crippen molar-refractivity contribution in [1.82, 2.24) is 20.3 Å². The van der Waals surface area contributed by atoms with Gasteiger partial charge in [-0.1, -0.05) is 24.3 Å². The second kappa shape index (κ2) is 9.50. The zero-order valence-corrected chi connectivity index (χ0v) is 18.5. The minimum absolute atomic E-state index is 0.0966. The molecule has 170 valence electrons. The average Bonchev–Trinajstić information content (AvgIpc) is 3.27. The molecule has 5 rings (SSSR count). The predicted molar refractivity (Wildman–Crippen MR) is 130 cm³/mol. The van der Waals surface area contributed by atoms with Gasteiger partial charge in [-0.3, -0.25) is 9.78 Å². The fourth-order valence-corrected chi connectivity index (χ4v) is 3.57. The van der Waals surface area contributed by atoms with Crippen molar-refractivity contribution < 1.29 is 14.3 Å². The number of nitrogens with one attached hydrogen (secondary N) is 3. The number of aromatic amines is 1. The highest BCUT2D eigenvalue weighted by Gasteiger charge is 2.13. The third kappa shape index (κ3) is 4.91. The van der Waals surface area contributed by atoms with E-state index in [9.17, 15) is 4.79 Å². The Labute approximate surface area is 196 Å². The Morgan fingerprint density at radius 1 is 1.03 bits per heavy atom. The quantitative estimate of drug-likeness (QED) is 0.371. The van der Waals surface area contributed by atoms with E-state index in [0.717, 1.165) is 29.0 Å². The first-order valence-corrected chi connectivity index (χ1v) is 10.9. The number of carbonyl (C=O) groups is 1. The van der Waals surface area contributed by atoms with E-state index < -0.39 is 0 Å². The number of benzene rings is 2. The Hall–Kier alpha value is -4.59. The largest absolute Gasteiger partial charge is 0.458 e. The van der Waals surface area contributed by atoms with E-state index in [1.54, 1.807) is 25.4 Å². The number of amides is 1. The smallest absolute Gasteiger partial charge is 0.269 e. The molecule has 3 N–H and O–H groups in total. The van der Waals surface area contributed by atoms with E-state index in [1.807, 2.05) is 54.6 Å². The van der Waals surface area contributed by atoms with Gasteiger partial charge in [0.15, 0.2) is 0 Å². The lowest BCUT2D eigenvalue weighted by Gasteiger charge is -2.17. The summed E-state index contributed by atoms with van der Waals surface area (Å²) in [7, 11) is 1.56. The molecule has 0 bridgehead atoms. The molecule has 0 saturated heterocycles. The van der Waals surface area contributed by atoms with E-state index >= 15 is 0 Å². The van der Waals surface area contributed by atoms with E-state index in [2.05, 4.69) is 37.7 Å². The van der Waals surface area contributed by atoms with Crippen LogP contribution < -0.4 is 20.1 Å². The number of fused-ring (bicyclic) bond motifs is 1. The number of nitrogens with zero attached hydrogens (tertiary/aromatic N) is 2. The van der Waals surface area contributed by atoms with Gasteiger partial charge < -0.3 is 25.1 Å². The highest BCUT2D eigenvalue weighted by atomic mass is 16.5. The molecule has 2 aromatic heterocycles. The van der Waals surface area contributed by atoms with Gasteiger partial charge in [0.05, 0.1) is 17.1 Å². The number of allylic oxidation sites excluding steroid dienone is 1. The van der Waals surface area contributed by atoms with Gasteiger partial charge in [0, 0.05) is 25.4 Å². The molecular formula is C26H23N5O3. The van der Waals surface area contributed by atoms with Crippen molar-refractivity contribution in [1.29, 1.82) is 0 Å². The molecule has 0 saturated carbocycles. The zero-order valence-electron chi connectivity index (χ0n) is 18.5. The van der Waals surface area contributed by atoms with Crippen molar-refractivity contribution in [3.63, 3.8) is 0 Å². The number of rotatable bonds is 7. The summed E-state index contributed by atoms with van der Waals surface area (Å²) in [6, 6.07) is 18.7. The molecular weight excluding hydrogens is 430 g/mol. The molecule has 1 atom stereocenters. The number of carbonyl (C=O) groups excluding carboxylic acids is 1. The number of ether oxygens (including phenoxy) is 2. The minimum atomic E-state index is -0.268. The first-order chi connectivity index (χ1) is 16.7. The van der Waals surface area contributed by atoms with E-state index in [4.69, 9.17) is 9.47 Å². The van der Waals surface area contributed by atoms with Gasteiger partial charge >= 0.3 is 0 Å². The van der Waals surface area contributed by atoms with Crippen molar-refractivity contribution in [2.75, 3.05) is 12.4 Å². The molecule has 34 heavy (non-hydrogen) atoms. The Morgan fingerprint density at radius 2 is 1.88 bits per heavy atom. The van der Waals surface area contributed by atoms with Crippen LogP contribution in [0.15, 0.2) is 90.8 Å². The molecule has 1 aliphatic rings. The topological polar surface area (TPSA) is 101 Å². The molecule has 0 fully saturated rings. The van der Waals surface area contributed by atoms with Crippen LogP contribution in [0.1, 0.15) is 16.9 Å². The van der Waals surface area contributed by atoms with Crippen molar-refractivity contribution >= 4 is 22.9 Å². The van der Waals surface area contributed by atoms with Gasteiger partial charge in [-0.2, -0.15) is 0 Å². The van der Waals surface area contributed by atoms with Gasteiger partial charge in [-0.05, 0) is 48.9 Å². The lowest BCUT2D eigenvalue weighted by Crippen LogP contribution is -2.19. The normalized spacial score (nSPS) is 15.0. The summed E-state index contributed by atoms with van der Waals surface area (Å²) in [6.07, 6.45) is 8.40. The van der Waals surface area contributed by atoms with E-state index in [0.29, 0.717) is 23.1 Å². The zero-order chi connectivity index (χ0) is 23.3. The van der Waals surface area contributed by atoms with Gasteiger partial charge in [0.1, 0.15) is 28.7 Å². The summed E-state index contributed by atoms with van der Waals surface area (Å²) < 4.78 is 11.8. The van der Waals surface area contributed by atoms with Gasteiger partial charge in [0.25, 0.3) is 5.91 Å². The number of aromatic nitrogens is 3. The number of H-pyrrole nitrogens is 1. The second-order valence-electron chi connectivity index (χ2n) is 7.69. The number of para-hydroxylation sites is 1. The van der Waals surface area contributed by atoms with Crippen LogP contribution in [0, 0.1) is 0 Å². The van der Waals surface area contributed by atoms with Crippen molar-refractivity contribution in [3.05, 3.63) is 96.5 Å². The van der Waals surface area contributed by atoms with E-state index in [-0.39, 0.29) is 11.9 Å². The molecule has 0 spiro atoms. The van der Waals surface area contributed by atoms with Crippen LogP contribution >= 0.6 is 0 Å². The van der Waals surface area contributed by atoms with Crippen molar-refractivity contribution in [2.24, 2.45) is 0 Å². The fraction of sp³-hybridized carbons (Fsp3) is 0.115. The van der Waals surface area contributed by atoms with Gasteiger partial charge in [-0.15, -0.1) is 0 Å². The molecule has 8 heteroatoms. The highest BCUT2D eigenvalue weighted by molar-refractivity contribution is 5.92. The van der Waals surface area contributed by atoms with Crippen LogP contribution in [-0.2, 0) is 0 Å². The molecule has 0 aliphatic heterocycles. The summed E-state index contributed by atoms with van der Waals surface area (Å²) in [5.74, 6) is 3.20. The number of imidazole rings is 1. The predicted octanol–water partition coefficient (Wildman–Crippen LogP) is 4.81. The summed E-state index contributed by atoms with van der Waals surface area (Å²) in [6.45, 7) is 0. The van der Waals surface area contributed by atoms with Crippen LogP contribution in [0.5, 0.6) is 17.2 Å². The van der Waals surface area contributed by atoms with Gasteiger partial charge in [0.2, 0.25) is 5.95 Å². The molecule has 1 aliphatic carbocycles. The average molecular weight is 454 g/mol. The standard InChI is InChI=1S/C26H23N5O3/c1-27-25(32)24-16-21(13-14-28-24)34-20-11-12-22-23(15-20)31-26(30-22)29-17-7-9-19(10-8-17)33-18-5-3-2-4-6-18/h2-7,9-17H,8H2,1H3,(H,27,32)(H2,29,30,31). The van der Waals surface area contributed by atoms with Crippen LogP contribution in [-0.4, -0.2) is 33.9 Å². The SMILES string of the molecule is CNC(=O)c1cc(Oc2ccc3nc(NC4C=CC(Oc5ccccc5)=CC4)[nH]c3c2)ccn1. The molecule has 1 amide bonds. The summed E-state index contributed by atoms with van der Waals surface area (Å²) in [4.78, 5) is 23.8. The molecule has 1 unspecified atom stereocenters. The Morgan fingerprint density at radius 3 is 2.68 bits per heavy atom. The second-order valence-corrected chi connectivity index (χ2v) is 7.69. The molecule has 4 aromatic rings. The lowest BCUT2D eigenvalue weighted by molar-refractivity contribution is 0.0958. The maximum atomic E-state index is 11.8. The number of hydrogen-bond donors (Lipinski definition) is 3. The number of pyridine rings is 1. The first-order valence-electron chi connectivity index (χ1n) is 10.9.